The van der Waals surface area contributed by atoms with Crippen molar-refractivity contribution in [3.63, 3.8) is 0 Å². The van der Waals surface area contributed by atoms with Crippen LogP contribution >= 0.6 is 0 Å². The van der Waals surface area contributed by atoms with Crippen molar-refractivity contribution in [2.24, 2.45) is 11.8 Å². The Kier molecular flexibility index (Phi) is 6.38. The van der Waals surface area contributed by atoms with E-state index in [9.17, 15) is 0 Å². The molecule has 3 N–H and O–H groups in total. The predicted octanol–water partition coefficient (Wildman–Crippen LogP) is 3.81. The monoisotopic (exact) mass is 260 g/mol. The molecule has 0 amide bonds. The molecule has 1 atom stereocenters. The van der Waals surface area contributed by atoms with E-state index in [1.165, 1.54) is 63.4 Å². The molecule has 0 bridgehead atoms. The van der Waals surface area contributed by atoms with Crippen molar-refractivity contribution < 1.29 is 0 Å². The summed E-state index contributed by atoms with van der Waals surface area (Å²) in [6, 6.07) is 11.3. The Morgan fingerprint density at radius 2 is 1.84 bits per heavy atom. The van der Waals surface area contributed by atoms with Crippen LogP contribution in [0.2, 0.25) is 0 Å². The van der Waals surface area contributed by atoms with Crippen LogP contribution in [0.15, 0.2) is 30.3 Å². The maximum absolute atomic E-state index is 5.72. The summed E-state index contributed by atoms with van der Waals surface area (Å²) in [7, 11) is 0. The van der Waals surface area contributed by atoms with Gasteiger partial charge in [0.15, 0.2) is 0 Å². The molecule has 1 aliphatic rings. The summed E-state index contributed by atoms with van der Waals surface area (Å²) in [5, 5.41) is 0. The van der Waals surface area contributed by atoms with E-state index in [-0.39, 0.29) is 0 Å². The minimum absolute atomic E-state index is 0.506. The molecule has 1 aliphatic carbocycles. The van der Waals surface area contributed by atoms with Crippen LogP contribution in [0.25, 0.3) is 0 Å². The van der Waals surface area contributed by atoms with Crippen LogP contribution in [0.4, 0.5) is 0 Å². The molecular weight excluding hydrogens is 232 g/mol. The van der Waals surface area contributed by atoms with Crippen LogP contribution in [-0.4, -0.2) is 6.04 Å². The third-order valence-electron chi connectivity index (χ3n) is 4.44. The molecule has 2 nitrogen and oxygen atoms in total. The van der Waals surface area contributed by atoms with Crippen LogP contribution in [0.3, 0.4) is 0 Å². The fourth-order valence-electron chi connectivity index (χ4n) is 3.29. The molecule has 0 saturated heterocycles. The molecule has 0 aromatic heterocycles. The van der Waals surface area contributed by atoms with Gasteiger partial charge in [-0.05, 0) is 37.2 Å². The molecule has 106 valence electrons. The van der Waals surface area contributed by atoms with Crippen molar-refractivity contribution in [3.05, 3.63) is 35.9 Å². The number of benzene rings is 1. The molecule has 0 radical (unpaired) electrons. The lowest BCUT2D eigenvalue weighted by molar-refractivity contribution is 0.290. The first-order valence-electron chi connectivity index (χ1n) is 7.88. The highest BCUT2D eigenvalue weighted by Gasteiger charge is 2.17. The molecule has 0 aliphatic heterocycles. The van der Waals surface area contributed by atoms with Gasteiger partial charge in [-0.2, -0.15) is 0 Å². The predicted molar refractivity (Wildman–Crippen MR) is 81.7 cm³/mol. The first-order valence-corrected chi connectivity index (χ1v) is 7.88. The van der Waals surface area contributed by atoms with E-state index in [0.717, 1.165) is 5.92 Å². The molecule has 19 heavy (non-hydrogen) atoms. The average molecular weight is 260 g/mol. The largest absolute Gasteiger partial charge is 0.271 e. The van der Waals surface area contributed by atoms with Crippen LogP contribution in [0, 0.1) is 5.92 Å². The molecular formula is C17H28N2. The molecule has 1 saturated carbocycles. The molecule has 0 spiro atoms. The van der Waals surface area contributed by atoms with Crippen LogP contribution in [0.5, 0.6) is 0 Å². The number of rotatable bonds is 7. The second kappa shape index (κ2) is 8.34. The van der Waals surface area contributed by atoms with Gasteiger partial charge < -0.3 is 0 Å². The fourth-order valence-corrected chi connectivity index (χ4v) is 3.29. The molecule has 0 heterocycles. The highest BCUT2D eigenvalue weighted by Crippen LogP contribution is 2.28. The molecule has 2 rings (SSSR count). The second-order valence-corrected chi connectivity index (χ2v) is 5.98. The summed E-state index contributed by atoms with van der Waals surface area (Å²) in [5.74, 6) is 6.63. The molecule has 1 unspecified atom stereocenters. The summed E-state index contributed by atoms with van der Waals surface area (Å²) in [6.45, 7) is 0. The van der Waals surface area contributed by atoms with Crippen LogP contribution in [-0.2, 0) is 6.42 Å². The van der Waals surface area contributed by atoms with Gasteiger partial charge in [-0.1, -0.05) is 62.4 Å². The maximum atomic E-state index is 5.72. The summed E-state index contributed by atoms with van der Waals surface area (Å²) < 4.78 is 0. The van der Waals surface area contributed by atoms with E-state index < -0.39 is 0 Å². The molecule has 1 aromatic rings. The van der Waals surface area contributed by atoms with Gasteiger partial charge in [-0.25, -0.2) is 0 Å². The van der Waals surface area contributed by atoms with E-state index in [2.05, 4.69) is 35.8 Å². The minimum Gasteiger partial charge on any atom is -0.271 e. The summed E-state index contributed by atoms with van der Waals surface area (Å²) in [4.78, 5) is 0. The lowest BCUT2D eigenvalue weighted by Crippen LogP contribution is -2.37. The number of nitrogens with two attached hydrogens (primary N) is 1. The zero-order valence-corrected chi connectivity index (χ0v) is 12.0. The van der Waals surface area contributed by atoms with Gasteiger partial charge in [0.2, 0.25) is 0 Å². The van der Waals surface area contributed by atoms with Crippen LogP contribution < -0.4 is 11.3 Å². The lowest BCUT2D eigenvalue weighted by Gasteiger charge is -2.26. The van der Waals surface area contributed by atoms with E-state index in [4.69, 9.17) is 5.84 Å². The van der Waals surface area contributed by atoms with Gasteiger partial charge in [-0.15, -0.1) is 0 Å². The standard InChI is InChI=1S/C17H28N2/c18-19-17(14-16-10-5-2-6-11-16)13-7-12-15-8-3-1-4-9-15/h1,3-4,8-9,16-17,19H,2,5-7,10-14,18H2. The maximum Gasteiger partial charge on any atom is 0.0213 e. The first-order chi connectivity index (χ1) is 9.38. The number of aryl methyl sites for hydroxylation is 1. The number of nitrogens with one attached hydrogen (secondary N) is 1. The fraction of sp³-hybridized carbons (Fsp3) is 0.647. The van der Waals surface area contributed by atoms with Crippen LogP contribution in [0.1, 0.15) is 56.9 Å². The zero-order valence-electron chi connectivity index (χ0n) is 12.0. The first kappa shape index (κ1) is 14.5. The number of hydrazine groups is 1. The van der Waals surface area contributed by atoms with Gasteiger partial charge in [0, 0.05) is 6.04 Å². The van der Waals surface area contributed by atoms with E-state index >= 15 is 0 Å². The van der Waals surface area contributed by atoms with Crippen molar-refractivity contribution in [2.75, 3.05) is 0 Å². The second-order valence-electron chi connectivity index (χ2n) is 5.98. The topological polar surface area (TPSA) is 38.0 Å². The van der Waals surface area contributed by atoms with E-state index in [1.54, 1.807) is 0 Å². The zero-order chi connectivity index (χ0) is 13.3. The SMILES string of the molecule is NNC(CCCc1ccccc1)CC1CCCCC1. The quantitative estimate of drug-likeness (QED) is 0.578. The minimum atomic E-state index is 0.506. The van der Waals surface area contributed by atoms with Gasteiger partial charge in [0.05, 0.1) is 0 Å². The Morgan fingerprint density at radius 3 is 2.53 bits per heavy atom. The number of hydrogen-bond donors (Lipinski definition) is 2. The smallest absolute Gasteiger partial charge is 0.0213 e. The van der Waals surface area contributed by atoms with Crippen molar-refractivity contribution in [2.45, 2.75) is 63.8 Å². The van der Waals surface area contributed by atoms with Gasteiger partial charge in [-0.3, -0.25) is 11.3 Å². The Morgan fingerprint density at radius 1 is 1.11 bits per heavy atom. The Hall–Kier alpha value is -0.860. The molecule has 1 fully saturated rings. The average Bonchev–Trinajstić information content (AvgIpc) is 2.48. The third-order valence-corrected chi connectivity index (χ3v) is 4.44. The summed E-state index contributed by atoms with van der Waals surface area (Å²) in [5.41, 5.74) is 4.48. The Balaban J connectivity index is 1.67. The van der Waals surface area contributed by atoms with E-state index in [1.807, 2.05) is 0 Å². The highest BCUT2D eigenvalue weighted by atomic mass is 15.2. The van der Waals surface area contributed by atoms with Gasteiger partial charge in [0.1, 0.15) is 0 Å². The highest BCUT2D eigenvalue weighted by molar-refractivity contribution is 5.14. The lowest BCUT2D eigenvalue weighted by atomic mass is 9.84. The van der Waals surface area contributed by atoms with Crippen molar-refractivity contribution in [1.82, 2.24) is 5.43 Å². The normalized spacial score (nSPS) is 18.4. The summed E-state index contributed by atoms with van der Waals surface area (Å²) in [6.07, 6.45) is 12.0. The molecule has 1 aromatic carbocycles. The Labute approximate surface area is 117 Å². The van der Waals surface area contributed by atoms with Gasteiger partial charge in [0.25, 0.3) is 0 Å². The van der Waals surface area contributed by atoms with Gasteiger partial charge >= 0.3 is 0 Å². The van der Waals surface area contributed by atoms with Crippen molar-refractivity contribution in [1.29, 1.82) is 0 Å². The van der Waals surface area contributed by atoms with Crippen molar-refractivity contribution in [3.8, 4) is 0 Å². The number of hydrogen-bond acceptors (Lipinski definition) is 2. The summed E-state index contributed by atoms with van der Waals surface area (Å²) >= 11 is 0. The molecule has 2 heteroatoms. The van der Waals surface area contributed by atoms with E-state index in [0.29, 0.717) is 6.04 Å². The third kappa shape index (κ3) is 5.33. The Bertz CT molecular complexity index is 330. The van der Waals surface area contributed by atoms with Crippen molar-refractivity contribution >= 4 is 0 Å².